The van der Waals surface area contributed by atoms with Gasteiger partial charge in [0.1, 0.15) is 34.8 Å². The van der Waals surface area contributed by atoms with Crippen LogP contribution in [0.1, 0.15) is 19.4 Å². The quantitative estimate of drug-likeness (QED) is 0.432. The van der Waals surface area contributed by atoms with Gasteiger partial charge in [0.05, 0.1) is 0 Å². The molecule has 0 saturated heterocycles. The molecule has 0 fully saturated rings. The fourth-order valence-electron chi connectivity index (χ4n) is 2.93. The maximum absolute atomic E-state index is 13.1. The first-order valence-electron chi connectivity index (χ1n) is 9.52. The van der Waals surface area contributed by atoms with Crippen LogP contribution in [0.15, 0.2) is 75.9 Å². The first-order chi connectivity index (χ1) is 14.5. The van der Waals surface area contributed by atoms with E-state index in [2.05, 4.69) is 0 Å². The summed E-state index contributed by atoms with van der Waals surface area (Å²) in [4.78, 5) is 13.1. The van der Waals surface area contributed by atoms with E-state index in [-0.39, 0.29) is 40.6 Å². The van der Waals surface area contributed by atoms with Crippen molar-refractivity contribution in [3.05, 3.63) is 82.5 Å². The Hall–Kier alpha value is -3.93. The van der Waals surface area contributed by atoms with Crippen molar-refractivity contribution in [2.24, 2.45) is 0 Å². The van der Waals surface area contributed by atoms with Crippen LogP contribution in [0, 0.1) is 0 Å². The summed E-state index contributed by atoms with van der Waals surface area (Å²) in [6, 6.07) is 17.7. The second kappa shape index (κ2) is 9.05. The predicted octanol–water partition coefficient (Wildman–Crippen LogP) is 5.18. The molecule has 1 aromatic heterocycles. The van der Waals surface area contributed by atoms with E-state index >= 15 is 0 Å². The fourth-order valence-corrected chi connectivity index (χ4v) is 2.93. The summed E-state index contributed by atoms with van der Waals surface area (Å²) < 4.78 is 11.6. The van der Waals surface area contributed by atoms with Gasteiger partial charge in [0.25, 0.3) is 0 Å². The first-order valence-corrected chi connectivity index (χ1v) is 9.52. The van der Waals surface area contributed by atoms with Gasteiger partial charge < -0.3 is 24.5 Å². The Balaban J connectivity index is 0.00000124. The van der Waals surface area contributed by atoms with Gasteiger partial charge in [0, 0.05) is 17.7 Å². The molecule has 0 spiro atoms. The van der Waals surface area contributed by atoms with Crippen molar-refractivity contribution in [1.82, 2.24) is 0 Å². The Morgan fingerprint density at radius 1 is 0.867 bits per heavy atom. The average molecular weight is 406 g/mol. The largest absolute Gasteiger partial charge is 0.508 e. The Bertz CT molecular complexity index is 1190. The molecule has 4 aromatic rings. The predicted molar refractivity (Wildman–Crippen MR) is 115 cm³/mol. The molecule has 0 amide bonds. The molecule has 0 atom stereocenters. The zero-order chi connectivity index (χ0) is 21.7. The van der Waals surface area contributed by atoms with Crippen molar-refractivity contribution in [1.29, 1.82) is 0 Å². The van der Waals surface area contributed by atoms with E-state index in [0.717, 1.165) is 11.6 Å². The molecule has 0 aliphatic rings. The van der Waals surface area contributed by atoms with Gasteiger partial charge in [-0.25, -0.2) is 0 Å². The maximum atomic E-state index is 13.1. The van der Waals surface area contributed by atoms with E-state index in [1.165, 1.54) is 18.2 Å². The van der Waals surface area contributed by atoms with Crippen LogP contribution >= 0.6 is 0 Å². The maximum Gasteiger partial charge on any atom is 0.239 e. The molecule has 0 unspecified atom stereocenters. The summed E-state index contributed by atoms with van der Waals surface area (Å²) in [6.45, 7) is 4.13. The third-order valence-electron chi connectivity index (χ3n) is 4.27. The lowest BCUT2D eigenvalue weighted by atomic mass is 10.1. The summed E-state index contributed by atoms with van der Waals surface area (Å²) in [6.07, 6.45) is 0. The summed E-state index contributed by atoms with van der Waals surface area (Å²) in [5.74, 6) is -0.497. The lowest BCUT2D eigenvalue weighted by Crippen LogP contribution is -2.10. The van der Waals surface area contributed by atoms with Crippen LogP contribution in [0.4, 0.5) is 0 Å². The Labute approximate surface area is 173 Å². The molecule has 0 saturated carbocycles. The number of benzene rings is 3. The summed E-state index contributed by atoms with van der Waals surface area (Å²) in [5.41, 5.74) is 0.826. The van der Waals surface area contributed by atoms with Gasteiger partial charge in [-0.15, -0.1) is 0 Å². The van der Waals surface area contributed by atoms with Crippen LogP contribution < -0.4 is 10.2 Å². The van der Waals surface area contributed by atoms with Crippen molar-refractivity contribution in [3.63, 3.8) is 0 Å². The van der Waals surface area contributed by atoms with Gasteiger partial charge in [0.2, 0.25) is 11.2 Å². The first kappa shape index (κ1) is 20.8. The third kappa shape index (κ3) is 4.22. The zero-order valence-electron chi connectivity index (χ0n) is 16.6. The van der Waals surface area contributed by atoms with Gasteiger partial charge >= 0.3 is 0 Å². The zero-order valence-corrected chi connectivity index (χ0v) is 16.6. The monoisotopic (exact) mass is 406 g/mol. The molecule has 154 valence electrons. The molecular weight excluding hydrogens is 384 g/mol. The van der Waals surface area contributed by atoms with Crippen molar-refractivity contribution in [2.75, 3.05) is 0 Å². The van der Waals surface area contributed by atoms with Crippen molar-refractivity contribution in [3.8, 4) is 34.3 Å². The minimum absolute atomic E-state index is 0.0256. The van der Waals surface area contributed by atoms with Crippen LogP contribution in [0.5, 0.6) is 23.0 Å². The molecule has 3 aromatic carbocycles. The molecule has 0 radical (unpaired) electrons. The number of fused-ring (bicyclic) bond motifs is 1. The van der Waals surface area contributed by atoms with E-state index in [9.17, 15) is 20.1 Å². The Morgan fingerprint density at radius 2 is 1.53 bits per heavy atom. The van der Waals surface area contributed by atoms with Gasteiger partial charge in [-0.2, -0.15) is 0 Å². The topological polar surface area (TPSA) is 100 Å². The minimum Gasteiger partial charge on any atom is -0.508 e. The molecule has 4 rings (SSSR count). The molecule has 0 bridgehead atoms. The van der Waals surface area contributed by atoms with Gasteiger partial charge in [0.15, 0.2) is 5.76 Å². The summed E-state index contributed by atoms with van der Waals surface area (Å²) in [7, 11) is 0. The van der Waals surface area contributed by atoms with Crippen molar-refractivity contribution in [2.45, 2.75) is 20.5 Å². The SMILES string of the molecule is CC.O=c1c(OCc2ccccc2)c(-c2ccc(O)cc2)oc2cc(O)cc(O)c12. The molecule has 30 heavy (non-hydrogen) atoms. The number of hydrogen-bond acceptors (Lipinski definition) is 6. The standard InChI is InChI=1S/C22H16O6.C2H6/c23-15-8-6-14(7-9-15)21-22(27-12-13-4-2-1-3-5-13)20(26)19-17(25)10-16(24)11-18(19)28-21;1-2/h1-11,23-25H,12H2;1-2H3. The molecule has 0 aliphatic carbocycles. The highest BCUT2D eigenvalue weighted by molar-refractivity contribution is 5.88. The van der Waals surface area contributed by atoms with Crippen LogP contribution in [-0.4, -0.2) is 15.3 Å². The van der Waals surface area contributed by atoms with Crippen LogP contribution in [-0.2, 0) is 6.61 Å². The van der Waals surface area contributed by atoms with E-state index in [0.29, 0.717) is 5.56 Å². The second-order valence-electron chi connectivity index (χ2n) is 6.25. The smallest absolute Gasteiger partial charge is 0.239 e. The Kier molecular flexibility index (Phi) is 6.27. The lowest BCUT2D eigenvalue weighted by molar-refractivity contribution is 0.297. The van der Waals surface area contributed by atoms with Crippen LogP contribution in [0.3, 0.4) is 0 Å². The van der Waals surface area contributed by atoms with E-state index < -0.39 is 11.2 Å². The number of ether oxygens (including phenoxy) is 1. The van der Waals surface area contributed by atoms with Crippen LogP contribution in [0.25, 0.3) is 22.3 Å². The normalized spacial score (nSPS) is 10.3. The second-order valence-corrected chi connectivity index (χ2v) is 6.25. The van der Waals surface area contributed by atoms with E-state index in [1.807, 2.05) is 44.2 Å². The highest BCUT2D eigenvalue weighted by atomic mass is 16.5. The Morgan fingerprint density at radius 3 is 2.20 bits per heavy atom. The number of phenolic OH excluding ortho intramolecular Hbond substituents is 3. The third-order valence-corrected chi connectivity index (χ3v) is 4.27. The number of hydrogen-bond donors (Lipinski definition) is 3. The number of aromatic hydroxyl groups is 3. The molecule has 1 heterocycles. The molecule has 6 heteroatoms. The lowest BCUT2D eigenvalue weighted by Gasteiger charge is -2.12. The molecular formula is C24H22O6. The van der Waals surface area contributed by atoms with Gasteiger partial charge in [-0.3, -0.25) is 4.79 Å². The molecule has 3 N–H and O–H groups in total. The van der Waals surface area contributed by atoms with E-state index in [1.54, 1.807) is 12.1 Å². The number of rotatable bonds is 4. The minimum atomic E-state index is -0.558. The summed E-state index contributed by atoms with van der Waals surface area (Å²) in [5, 5.41) is 29.3. The van der Waals surface area contributed by atoms with Gasteiger partial charge in [-0.1, -0.05) is 44.2 Å². The molecule has 6 nitrogen and oxygen atoms in total. The summed E-state index contributed by atoms with van der Waals surface area (Å²) >= 11 is 0. The fraction of sp³-hybridized carbons (Fsp3) is 0.125. The highest BCUT2D eigenvalue weighted by Gasteiger charge is 2.21. The van der Waals surface area contributed by atoms with Crippen molar-refractivity contribution >= 4 is 11.0 Å². The highest BCUT2D eigenvalue weighted by Crippen LogP contribution is 2.36. The van der Waals surface area contributed by atoms with E-state index in [4.69, 9.17) is 9.15 Å². The van der Waals surface area contributed by atoms with Gasteiger partial charge in [-0.05, 0) is 29.8 Å². The van der Waals surface area contributed by atoms with Crippen LogP contribution in [0.2, 0.25) is 0 Å². The number of phenols is 3. The van der Waals surface area contributed by atoms with Crippen molar-refractivity contribution < 1.29 is 24.5 Å². The molecule has 0 aliphatic heterocycles. The average Bonchev–Trinajstić information content (AvgIpc) is 2.75.